The molecule has 0 saturated carbocycles. The van der Waals surface area contributed by atoms with Gasteiger partial charge in [0.2, 0.25) is 0 Å². The summed E-state index contributed by atoms with van der Waals surface area (Å²) in [4.78, 5) is 3.72. The number of primary sulfonamides is 1. The zero-order chi connectivity index (χ0) is 10.8. The molecule has 2 N–H and O–H groups in total. The lowest BCUT2D eigenvalue weighted by Crippen LogP contribution is -2.12. The Kier molecular flexibility index (Phi) is 3.28. The Bertz CT molecular complexity index is 394. The molecule has 0 aliphatic rings. The minimum atomic E-state index is -3.65. The van der Waals surface area contributed by atoms with E-state index in [0.29, 0.717) is 5.92 Å². The van der Waals surface area contributed by atoms with Gasteiger partial charge in [-0.15, -0.1) is 0 Å². The lowest BCUT2D eigenvalue weighted by molar-refractivity contribution is 0.515. The van der Waals surface area contributed by atoms with Crippen molar-refractivity contribution >= 4 is 10.0 Å². The Morgan fingerprint density at radius 2 is 2.21 bits per heavy atom. The number of nitrogens with two attached hydrogens (primary N) is 1. The summed E-state index contributed by atoms with van der Waals surface area (Å²) in [7, 11) is -3.65. The van der Waals surface area contributed by atoms with Crippen molar-refractivity contribution in [3.63, 3.8) is 0 Å². The van der Waals surface area contributed by atoms with Crippen molar-refractivity contribution < 1.29 is 8.42 Å². The van der Waals surface area contributed by atoms with E-state index in [-0.39, 0.29) is 5.03 Å². The molecule has 1 heterocycles. The van der Waals surface area contributed by atoms with Gasteiger partial charge in [0.1, 0.15) is 0 Å². The molecule has 0 amide bonds. The Morgan fingerprint density at radius 1 is 1.57 bits per heavy atom. The second-order valence-electron chi connectivity index (χ2n) is 3.68. The van der Waals surface area contributed by atoms with Gasteiger partial charge < -0.3 is 4.57 Å². The molecule has 1 rings (SSSR count). The minimum Gasteiger partial charge on any atom is -0.336 e. The van der Waals surface area contributed by atoms with E-state index in [1.807, 2.05) is 0 Å². The van der Waals surface area contributed by atoms with Crippen LogP contribution in [0.5, 0.6) is 0 Å². The van der Waals surface area contributed by atoms with Crippen molar-refractivity contribution in [1.29, 1.82) is 0 Å². The average molecular weight is 217 g/mol. The fourth-order valence-electron chi connectivity index (χ4n) is 1.02. The first-order chi connectivity index (χ1) is 6.39. The first-order valence-electron chi connectivity index (χ1n) is 4.44. The fourth-order valence-corrected chi connectivity index (χ4v) is 1.49. The van der Waals surface area contributed by atoms with Crippen LogP contribution in [-0.2, 0) is 16.6 Å². The van der Waals surface area contributed by atoms with Crippen molar-refractivity contribution in [2.45, 2.75) is 31.8 Å². The molecule has 1 aromatic heterocycles. The van der Waals surface area contributed by atoms with Crippen LogP contribution >= 0.6 is 0 Å². The number of nitrogens with zero attached hydrogens (tertiary/aromatic N) is 2. The molecule has 0 radical (unpaired) electrons. The van der Waals surface area contributed by atoms with Gasteiger partial charge in [-0.05, 0) is 12.3 Å². The Balaban J connectivity index is 2.70. The molecule has 0 spiro atoms. The van der Waals surface area contributed by atoms with Gasteiger partial charge in [0, 0.05) is 12.7 Å². The van der Waals surface area contributed by atoms with Crippen LogP contribution in [0, 0.1) is 5.92 Å². The number of hydrogen-bond donors (Lipinski definition) is 1. The summed E-state index contributed by atoms with van der Waals surface area (Å²) in [5.74, 6) is 0.579. The van der Waals surface area contributed by atoms with Crippen LogP contribution in [0.1, 0.15) is 20.3 Å². The van der Waals surface area contributed by atoms with Gasteiger partial charge in [-0.3, -0.25) is 0 Å². The molecule has 5 nitrogen and oxygen atoms in total. The number of hydrogen-bond acceptors (Lipinski definition) is 3. The maximum absolute atomic E-state index is 10.9. The Labute approximate surface area is 84.0 Å². The molecule has 6 heteroatoms. The van der Waals surface area contributed by atoms with Gasteiger partial charge in [0.05, 0.1) is 6.33 Å². The standard InChI is InChI=1S/C8H15N3O2S/c1-7(2)3-4-11-5-8(10-6-11)14(9,12)13/h5-7H,3-4H2,1-2H3,(H2,9,12,13). The number of aromatic nitrogens is 2. The normalized spacial score (nSPS) is 12.3. The molecule has 0 bridgehead atoms. The zero-order valence-corrected chi connectivity index (χ0v) is 9.16. The van der Waals surface area contributed by atoms with Gasteiger partial charge in [-0.1, -0.05) is 13.8 Å². The second-order valence-corrected chi connectivity index (χ2v) is 5.19. The van der Waals surface area contributed by atoms with Crippen LogP contribution < -0.4 is 5.14 Å². The van der Waals surface area contributed by atoms with Gasteiger partial charge in [-0.2, -0.15) is 0 Å². The third-order valence-electron chi connectivity index (χ3n) is 1.87. The van der Waals surface area contributed by atoms with Crippen LogP contribution in [0.4, 0.5) is 0 Å². The number of imidazole rings is 1. The summed E-state index contributed by atoms with van der Waals surface area (Å²) >= 11 is 0. The third kappa shape index (κ3) is 3.12. The fraction of sp³-hybridized carbons (Fsp3) is 0.625. The number of sulfonamides is 1. The molecule has 0 aromatic carbocycles. The molecule has 0 aliphatic heterocycles. The summed E-state index contributed by atoms with van der Waals surface area (Å²) in [6.45, 7) is 4.98. The van der Waals surface area contributed by atoms with Crippen molar-refractivity contribution in [3.8, 4) is 0 Å². The Hall–Kier alpha value is -0.880. The molecule has 0 fully saturated rings. The van der Waals surface area contributed by atoms with Gasteiger partial charge in [-0.25, -0.2) is 18.5 Å². The number of aryl methyl sites for hydroxylation is 1. The van der Waals surface area contributed by atoms with E-state index in [1.165, 1.54) is 12.5 Å². The van der Waals surface area contributed by atoms with E-state index in [2.05, 4.69) is 18.8 Å². The van der Waals surface area contributed by atoms with E-state index in [9.17, 15) is 8.42 Å². The summed E-state index contributed by atoms with van der Waals surface area (Å²) in [6.07, 6.45) is 3.93. The van der Waals surface area contributed by atoms with E-state index in [0.717, 1.165) is 13.0 Å². The maximum Gasteiger partial charge on any atom is 0.257 e. The number of rotatable bonds is 4. The minimum absolute atomic E-state index is 0.0683. The lowest BCUT2D eigenvalue weighted by Gasteiger charge is -2.03. The summed E-state index contributed by atoms with van der Waals surface area (Å²) in [5.41, 5.74) is 0. The van der Waals surface area contributed by atoms with Crippen LogP contribution in [-0.4, -0.2) is 18.0 Å². The predicted octanol–water partition coefficient (Wildman–Crippen LogP) is 0.577. The van der Waals surface area contributed by atoms with Crippen LogP contribution in [0.15, 0.2) is 17.6 Å². The molecule has 80 valence electrons. The first-order valence-corrected chi connectivity index (χ1v) is 5.99. The zero-order valence-electron chi connectivity index (χ0n) is 8.34. The quantitative estimate of drug-likeness (QED) is 0.801. The summed E-state index contributed by atoms with van der Waals surface area (Å²) in [6, 6.07) is 0. The molecule has 0 unspecified atom stereocenters. The monoisotopic (exact) mass is 217 g/mol. The van der Waals surface area contributed by atoms with Gasteiger partial charge in [0.15, 0.2) is 5.03 Å². The SMILES string of the molecule is CC(C)CCn1cnc(S(N)(=O)=O)c1. The van der Waals surface area contributed by atoms with Crippen molar-refractivity contribution in [1.82, 2.24) is 9.55 Å². The predicted molar refractivity (Wildman–Crippen MR) is 53.1 cm³/mol. The molecule has 0 saturated heterocycles. The largest absolute Gasteiger partial charge is 0.336 e. The summed E-state index contributed by atoms with van der Waals surface area (Å²) in [5, 5.41) is 4.85. The van der Waals surface area contributed by atoms with Gasteiger partial charge in [0.25, 0.3) is 10.0 Å². The Morgan fingerprint density at radius 3 is 2.64 bits per heavy atom. The molecule has 0 atom stereocenters. The van der Waals surface area contributed by atoms with E-state index in [4.69, 9.17) is 5.14 Å². The van der Waals surface area contributed by atoms with Gasteiger partial charge >= 0.3 is 0 Å². The van der Waals surface area contributed by atoms with Crippen molar-refractivity contribution in [2.75, 3.05) is 0 Å². The van der Waals surface area contributed by atoms with E-state index >= 15 is 0 Å². The van der Waals surface area contributed by atoms with E-state index < -0.39 is 10.0 Å². The summed E-state index contributed by atoms with van der Waals surface area (Å²) < 4.78 is 23.5. The smallest absolute Gasteiger partial charge is 0.257 e. The van der Waals surface area contributed by atoms with Crippen molar-refractivity contribution in [2.24, 2.45) is 11.1 Å². The topological polar surface area (TPSA) is 78.0 Å². The molecule has 0 aliphatic carbocycles. The van der Waals surface area contributed by atoms with E-state index in [1.54, 1.807) is 4.57 Å². The highest BCUT2D eigenvalue weighted by molar-refractivity contribution is 7.89. The second kappa shape index (κ2) is 4.10. The highest BCUT2D eigenvalue weighted by Crippen LogP contribution is 2.06. The van der Waals surface area contributed by atoms with Crippen LogP contribution in [0.3, 0.4) is 0 Å². The first kappa shape index (κ1) is 11.2. The molecule has 14 heavy (non-hydrogen) atoms. The lowest BCUT2D eigenvalue weighted by atomic mass is 10.1. The highest BCUT2D eigenvalue weighted by Gasteiger charge is 2.10. The third-order valence-corrected chi connectivity index (χ3v) is 2.66. The maximum atomic E-state index is 10.9. The molecule has 1 aromatic rings. The average Bonchev–Trinajstić information content (AvgIpc) is 2.47. The van der Waals surface area contributed by atoms with Crippen LogP contribution in [0.25, 0.3) is 0 Å². The molecular weight excluding hydrogens is 202 g/mol. The van der Waals surface area contributed by atoms with Crippen molar-refractivity contribution in [3.05, 3.63) is 12.5 Å². The molecular formula is C8H15N3O2S. The van der Waals surface area contributed by atoms with Crippen LogP contribution in [0.2, 0.25) is 0 Å². The highest BCUT2D eigenvalue weighted by atomic mass is 32.2.